The van der Waals surface area contributed by atoms with Gasteiger partial charge in [-0.3, -0.25) is 0 Å². The van der Waals surface area contributed by atoms with Crippen molar-refractivity contribution >= 4 is 29.1 Å². The molecule has 0 saturated carbocycles. The number of halogens is 1. The first-order valence-electron chi connectivity index (χ1n) is 8.12. The number of rotatable bonds is 6. The Morgan fingerprint density at radius 3 is 2.54 bits per heavy atom. The SMILES string of the molecule is C[C@@H](CO)Nc1nc(Nc2ccc(O)cc2Cl)cc(-c2ccccc2)n1. The lowest BCUT2D eigenvalue weighted by molar-refractivity contribution is 0.281. The van der Waals surface area contributed by atoms with Crippen molar-refractivity contribution in [1.29, 1.82) is 0 Å². The third kappa shape index (κ3) is 4.41. The fourth-order valence-corrected chi connectivity index (χ4v) is 2.56. The fraction of sp³-hybridized carbons (Fsp3) is 0.158. The number of hydrogen-bond donors (Lipinski definition) is 4. The van der Waals surface area contributed by atoms with Crippen LogP contribution in [0.5, 0.6) is 5.75 Å². The lowest BCUT2D eigenvalue weighted by atomic mass is 10.1. The summed E-state index contributed by atoms with van der Waals surface area (Å²) in [5.74, 6) is 1.02. The minimum absolute atomic E-state index is 0.0362. The van der Waals surface area contributed by atoms with E-state index in [-0.39, 0.29) is 18.4 Å². The Bertz CT molecular complexity index is 890. The number of anilines is 3. The highest BCUT2D eigenvalue weighted by molar-refractivity contribution is 6.33. The van der Waals surface area contributed by atoms with Crippen LogP contribution in [0, 0.1) is 0 Å². The Balaban J connectivity index is 1.98. The molecule has 0 aliphatic carbocycles. The van der Waals surface area contributed by atoms with Gasteiger partial charge >= 0.3 is 0 Å². The molecule has 3 aromatic rings. The van der Waals surface area contributed by atoms with Gasteiger partial charge in [0, 0.05) is 23.7 Å². The zero-order valence-electron chi connectivity index (χ0n) is 14.1. The summed E-state index contributed by atoms with van der Waals surface area (Å²) in [5.41, 5.74) is 2.28. The van der Waals surface area contributed by atoms with Crippen molar-refractivity contribution in [3.8, 4) is 17.0 Å². The normalized spacial score (nSPS) is 11.8. The zero-order chi connectivity index (χ0) is 18.5. The average Bonchev–Trinajstić information content (AvgIpc) is 2.64. The number of nitrogens with zero attached hydrogens (tertiary/aromatic N) is 2. The summed E-state index contributed by atoms with van der Waals surface area (Å²) >= 11 is 6.17. The number of aliphatic hydroxyl groups is 1. The van der Waals surface area contributed by atoms with E-state index in [2.05, 4.69) is 20.6 Å². The van der Waals surface area contributed by atoms with Gasteiger partial charge in [0.05, 0.1) is 23.0 Å². The van der Waals surface area contributed by atoms with Crippen LogP contribution >= 0.6 is 11.6 Å². The van der Waals surface area contributed by atoms with Crippen molar-refractivity contribution in [1.82, 2.24) is 9.97 Å². The Labute approximate surface area is 156 Å². The van der Waals surface area contributed by atoms with Crippen LogP contribution in [0.1, 0.15) is 6.92 Å². The summed E-state index contributed by atoms with van der Waals surface area (Å²) in [4.78, 5) is 8.96. The van der Waals surface area contributed by atoms with E-state index >= 15 is 0 Å². The van der Waals surface area contributed by atoms with E-state index in [1.165, 1.54) is 6.07 Å². The minimum Gasteiger partial charge on any atom is -0.508 e. The molecular formula is C19H19ClN4O2. The summed E-state index contributed by atoms with van der Waals surface area (Å²) in [6, 6.07) is 16.0. The predicted octanol–water partition coefficient (Wildman–Crippen LogP) is 4.04. The largest absolute Gasteiger partial charge is 0.508 e. The number of aliphatic hydroxyl groups excluding tert-OH is 1. The van der Waals surface area contributed by atoms with E-state index in [1.54, 1.807) is 12.1 Å². The third-order valence-corrected chi connectivity index (χ3v) is 3.97. The van der Waals surface area contributed by atoms with Crippen LogP contribution in [-0.4, -0.2) is 32.8 Å². The molecule has 0 bridgehead atoms. The summed E-state index contributed by atoms with van der Waals surface area (Å²) in [5, 5.41) is 25.4. The number of aromatic hydroxyl groups is 1. The maximum absolute atomic E-state index is 9.50. The first kappa shape index (κ1) is 18.0. The smallest absolute Gasteiger partial charge is 0.225 e. The molecule has 6 nitrogen and oxygen atoms in total. The molecule has 0 saturated heterocycles. The lowest BCUT2D eigenvalue weighted by Gasteiger charge is -2.15. The molecule has 4 N–H and O–H groups in total. The van der Waals surface area contributed by atoms with E-state index in [0.29, 0.717) is 22.5 Å². The van der Waals surface area contributed by atoms with Gasteiger partial charge in [0.15, 0.2) is 0 Å². The first-order valence-corrected chi connectivity index (χ1v) is 8.50. The number of benzene rings is 2. The molecule has 7 heteroatoms. The zero-order valence-corrected chi connectivity index (χ0v) is 14.9. The van der Waals surface area contributed by atoms with Crippen LogP contribution < -0.4 is 10.6 Å². The number of aromatic nitrogens is 2. The lowest BCUT2D eigenvalue weighted by Crippen LogP contribution is -2.21. The molecule has 3 rings (SSSR count). The molecule has 2 aromatic carbocycles. The maximum Gasteiger partial charge on any atom is 0.225 e. The Morgan fingerprint density at radius 1 is 1.08 bits per heavy atom. The summed E-state index contributed by atoms with van der Waals surface area (Å²) in [6.45, 7) is 1.80. The summed E-state index contributed by atoms with van der Waals surface area (Å²) in [7, 11) is 0. The van der Waals surface area contributed by atoms with E-state index in [0.717, 1.165) is 11.3 Å². The molecule has 0 amide bonds. The van der Waals surface area contributed by atoms with Crippen molar-refractivity contribution in [2.24, 2.45) is 0 Å². The molecule has 26 heavy (non-hydrogen) atoms. The minimum atomic E-state index is -0.189. The molecule has 134 valence electrons. The van der Waals surface area contributed by atoms with Crippen LogP contribution in [0.3, 0.4) is 0 Å². The van der Waals surface area contributed by atoms with Crippen LogP contribution in [0.25, 0.3) is 11.3 Å². The molecule has 0 radical (unpaired) electrons. The van der Waals surface area contributed by atoms with Gasteiger partial charge in [-0.05, 0) is 19.1 Å². The van der Waals surface area contributed by atoms with Gasteiger partial charge in [-0.1, -0.05) is 41.9 Å². The number of hydrogen-bond acceptors (Lipinski definition) is 6. The molecule has 1 aromatic heterocycles. The van der Waals surface area contributed by atoms with Crippen molar-refractivity contribution in [2.75, 3.05) is 17.2 Å². The quantitative estimate of drug-likeness (QED) is 0.490. The van der Waals surface area contributed by atoms with Crippen LogP contribution in [-0.2, 0) is 0 Å². The summed E-state index contributed by atoms with van der Waals surface area (Å²) < 4.78 is 0. The number of nitrogens with one attached hydrogen (secondary N) is 2. The van der Waals surface area contributed by atoms with E-state index in [9.17, 15) is 10.2 Å². The van der Waals surface area contributed by atoms with Gasteiger partial charge < -0.3 is 20.8 Å². The van der Waals surface area contributed by atoms with Crippen LogP contribution in [0.2, 0.25) is 5.02 Å². The Kier molecular flexibility index (Phi) is 5.55. The predicted molar refractivity (Wildman–Crippen MR) is 104 cm³/mol. The van der Waals surface area contributed by atoms with Crippen molar-refractivity contribution in [3.63, 3.8) is 0 Å². The molecule has 0 spiro atoms. The second-order valence-electron chi connectivity index (χ2n) is 5.85. The standard InChI is InChI=1S/C19H19ClN4O2/c1-12(11-25)21-19-23-17(13-5-3-2-4-6-13)10-18(24-19)22-16-8-7-14(26)9-15(16)20/h2-10,12,25-26H,11H2,1H3,(H2,21,22,23,24)/t12-/m0/s1. The van der Waals surface area contributed by atoms with Crippen molar-refractivity contribution < 1.29 is 10.2 Å². The van der Waals surface area contributed by atoms with E-state index in [1.807, 2.05) is 43.3 Å². The van der Waals surface area contributed by atoms with Crippen molar-refractivity contribution in [2.45, 2.75) is 13.0 Å². The summed E-state index contributed by atoms with van der Waals surface area (Å²) in [6.07, 6.45) is 0. The highest BCUT2D eigenvalue weighted by Gasteiger charge is 2.10. The van der Waals surface area contributed by atoms with Gasteiger partial charge in [-0.25, -0.2) is 4.98 Å². The second kappa shape index (κ2) is 8.03. The number of phenolic OH excluding ortho intramolecular Hbond substituents is 1. The first-order chi connectivity index (χ1) is 12.5. The second-order valence-corrected chi connectivity index (χ2v) is 6.25. The van der Waals surface area contributed by atoms with Gasteiger partial charge in [-0.2, -0.15) is 4.98 Å². The molecule has 0 unspecified atom stereocenters. The molecule has 1 heterocycles. The monoisotopic (exact) mass is 370 g/mol. The number of phenols is 1. The van der Waals surface area contributed by atoms with Gasteiger partial charge in [0.2, 0.25) is 5.95 Å². The Hall–Kier alpha value is -2.83. The van der Waals surface area contributed by atoms with E-state index in [4.69, 9.17) is 11.6 Å². The van der Waals surface area contributed by atoms with Gasteiger partial charge in [0.25, 0.3) is 0 Å². The van der Waals surface area contributed by atoms with Gasteiger partial charge in [-0.15, -0.1) is 0 Å². The van der Waals surface area contributed by atoms with Crippen LogP contribution in [0.15, 0.2) is 54.6 Å². The third-order valence-electron chi connectivity index (χ3n) is 3.66. The highest BCUT2D eigenvalue weighted by atomic mass is 35.5. The Morgan fingerprint density at radius 2 is 1.85 bits per heavy atom. The molecule has 0 aliphatic heterocycles. The maximum atomic E-state index is 9.50. The highest BCUT2D eigenvalue weighted by Crippen LogP contribution is 2.30. The molecule has 0 aliphatic rings. The van der Waals surface area contributed by atoms with Gasteiger partial charge in [0.1, 0.15) is 11.6 Å². The van der Waals surface area contributed by atoms with Crippen molar-refractivity contribution in [3.05, 3.63) is 59.6 Å². The van der Waals surface area contributed by atoms with E-state index < -0.39 is 0 Å². The molecule has 1 atom stereocenters. The average molecular weight is 371 g/mol. The fourth-order valence-electron chi connectivity index (χ4n) is 2.34. The molecule has 0 fully saturated rings. The molecular weight excluding hydrogens is 352 g/mol. The topological polar surface area (TPSA) is 90.3 Å². The van der Waals surface area contributed by atoms with Crippen LogP contribution in [0.4, 0.5) is 17.5 Å².